The zero-order valence-electron chi connectivity index (χ0n) is 6.00. The van der Waals surface area contributed by atoms with E-state index in [9.17, 15) is 4.79 Å². The lowest BCUT2D eigenvalue weighted by Gasteiger charge is -1.95. The Labute approximate surface area is 69.8 Å². The van der Waals surface area contributed by atoms with Crippen molar-refractivity contribution in [1.82, 2.24) is 0 Å². The molecule has 0 amide bonds. The van der Waals surface area contributed by atoms with Crippen molar-refractivity contribution in [1.29, 1.82) is 0 Å². The maximum Gasteiger partial charge on any atom is 0.214 e. The molecule has 0 unspecified atom stereocenters. The predicted molar refractivity (Wildman–Crippen MR) is 47.5 cm³/mol. The highest BCUT2D eigenvalue weighted by molar-refractivity contribution is 8.14. The summed E-state index contributed by atoms with van der Waals surface area (Å²) in [6, 6.07) is 0. The minimum absolute atomic E-state index is 0.128. The normalized spacial score (nSPS) is 9.80. The summed E-state index contributed by atoms with van der Waals surface area (Å²) in [7, 11) is 0. The first-order valence-corrected chi connectivity index (χ1v) is 5.29. The number of rotatable bonds is 5. The lowest BCUT2D eigenvalue weighted by atomic mass is 10.8. The van der Waals surface area contributed by atoms with Crippen molar-refractivity contribution in [3.05, 3.63) is 0 Å². The average molecular weight is 180 g/mol. The summed E-state index contributed by atoms with van der Waals surface area (Å²) in [4.78, 5) is 10.5. The van der Waals surface area contributed by atoms with Crippen molar-refractivity contribution < 1.29 is 9.90 Å². The van der Waals surface area contributed by atoms with Gasteiger partial charge >= 0.3 is 0 Å². The molecule has 0 aromatic heterocycles. The topological polar surface area (TPSA) is 37.3 Å². The molecule has 0 aromatic carbocycles. The molecule has 0 atom stereocenters. The van der Waals surface area contributed by atoms with Crippen LogP contribution in [0.3, 0.4) is 0 Å². The third kappa shape index (κ3) is 6.45. The van der Waals surface area contributed by atoms with E-state index in [0.29, 0.717) is 0 Å². The number of hydrogen-bond acceptors (Lipinski definition) is 4. The van der Waals surface area contributed by atoms with Gasteiger partial charge in [0.25, 0.3) is 0 Å². The fourth-order valence-electron chi connectivity index (χ4n) is 0.404. The molecule has 0 heterocycles. The maximum atomic E-state index is 10.5. The van der Waals surface area contributed by atoms with Crippen LogP contribution in [0.5, 0.6) is 0 Å². The van der Waals surface area contributed by atoms with Crippen LogP contribution in [0.25, 0.3) is 0 Å². The molecule has 0 spiro atoms. The van der Waals surface area contributed by atoms with Gasteiger partial charge in [0.15, 0.2) is 0 Å². The van der Waals surface area contributed by atoms with Crippen molar-refractivity contribution in [2.75, 3.05) is 23.9 Å². The molecule has 0 rings (SSSR count). The molecule has 0 saturated carbocycles. The van der Waals surface area contributed by atoms with E-state index in [-0.39, 0.29) is 11.7 Å². The number of thioether (sulfide) groups is 2. The van der Waals surface area contributed by atoms with Crippen LogP contribution < -0.4 is 0 Å². The van der Waals surface area contributed by atoms with Gasteiger partial charge in [-0.2, -0.15) is 11.8 Å². The SMILES string of the molecule is CCSCCSC(=O)CO. The monoisotopic (exact) mass is 180 g/mol. The average Bonchev–Trinajstić information content (AvgIpc) is 1.98. The summed E-state index contributed by atoms with van der Waals surface area (Å²) in [6.07, 6.45) is 0. The molecule has 0 saturated heterocycles. The second-order valence-electron chi connectivity index (χ2n) is 1.58. The quantitative estimate of drug-likeness (QED) is 0.640. The van der Waals surface area contributed by atoms with Crippen LogP contribution in [0.15, 0.2) is 0 Å². The Balaban J connectivity index is 2.96. The maximum absolute atomic E-state index is 10.5. The van der Waals surface area contributed by atoms with E-state index in [4.69, 9.17) is 5.11 Å². The van der Waals surface area contributed by atoms with E-state index in [1.807, 2.05) is 0 Å². The zero-order chi connectivity index (χ0) is 7.82. The van der Waals surface area contributed by atoms with Crippen LogP contribution in [0, 0.1) is 0 Å². The fourth-order valence-corrected chi connectivity index (χ4v) is 1.82. The first-order chi connectivity index (χ1) is 4.81. The zero-order valence-corrected chi connectivity index (χ0v) is 7.63. The minimum Gasteiger partial charge on any atom is -0.388 e. The first kappa shape index (κ1) is 10.3. The van der Waals surface area contributed by atoms with E-state index in [2.05, 4.69) is 6.92 Å². The van der Waals surface area contributed by atoms with Crippen LogP contribution >= 0.6 is 23.5 Å². The summed E-state index contributed by atoms with van der Waals surface area (Å²) in [5.74, 6) is 2.90. The van der Waals surface area contributed by atoms with Crippen LogP contribution in [0.1, 0.15) is 6.92 Å². The Kier molecular flexibility index (Phi) is 7.68. The van der Waals surface area contributed by atoms with E-state index in [0.717, 1.165) is 17.3 Å². The van der Waals surface area contributed by atoms with Gasteiger partial charge in [0.2, 0.25) is 5.12 Å². The molecule has 0 aliphatic carbocycles. The molecule has 0 aliphatic heterocycles. The molecule has 10 heavy (non-hydrogen) atoms. The number of hydrogen-bond donors (Lipinski definition) is 1. The molecular weight excluding hydrogens is 168 g/mol. The number of aliphatic hydroxyl groups is 1. The smallest absolute Gasteiger partial charge is 0.214 e. The summed E-state index contributed by atoms with van der Waals surface area (Å²) in [5, 5.41) is 8.19. The van der Waals surface area contributed by atoms with Crippen molar-refractivity contribution in [2.24, 2.45) is 0 Å². The molecule has 0 aliphatic rings. The van der Waals surface area contributed by atoms with Crippen molar-refractivity contribution >= 4 is 28.6 Å². The minimum atomic E-state index is -0.332. The second-order valence-corrected chi connectivity index (χ2v) is 4.12. The molecule has 0 aromatic rings. The van der Waals surface area contributed by atoms with Crippen LogP contribution in [0.4, 0.5) is 0 Å². The van der Waals surface area contributed by atoms with Gasteiger partial charge < -0.3 is 5.11 Å². The Bertz CT molecular complexity index is 95.7. The molecule has 1 N–H and O–H groups in total. The van der Waals surface area contributed by atoms with Crippen molar-refractivity contribution in [2.45, 2.75) is 6.92 Å². The highest BCUT2D eigenvalue weighted by Gasteiger charge is 1.97. The summed E-state index contributed by atoms with van der Waals surface area (Å²) < 4.78 is 0. The molecule has 0 fully saturated rings. The number of aliphatic hydroxyl groups excluding tert-OH is 1. The summed E-state index contributed by atoms with van der Waals surface area (Å²) >= 11 is 3.01. The largest absolute Gasteiger partial charge is 0.388 e. The fraction of sp³-hybridized carbons (Fsp3) is 0.833. The Morgan fingerprint density at radius 2 is 2.20 bits per heavy atom. The molecule has 2 nitrogen and oxygen atoms in total. The molecule has 4 heteroatoms. The predicted octanol–water partition coefficient (Wildman–Crippen LogP) is 0.992. The van der Waals surface area contributed by atoms with Gasteiger partial charge in [0.05, 0.1) is 0 Å². The molecule has 0 bridgehead atoms. The van der Waals surface area contributed by atoms with Gasteiger partial charge in [-0.3, -0.25) is 4.79 Å². The van der Waals surface area contributed by atoms with E-state index in [1.54, 1.807) is 11.8 Å². The van der Waals surface area contributed by atoms with Crippen molar-refractivity contribution in [3.63, 3.8) is 0 Å². The number of carbonyl (C=O) groups is 1. The highest BCUT2D eigenvalue weighted by Crippen LogP contribution is 2.06. The van der Waals surface area contributed by atoms with Crippen LogP contribution in [0.2, 0.25) is 0 Å². The Hall–Kier alpha value is 0.330. The van der Waals surface area contributed by atoms with Gasteiger partial charge in [-0.15, -0.1) is 0 Å². The van der Waals surface area contributed by atoms with E-state index < -0.39 is 0 Å². The van der Waals surface area contributed by atoms with Gasteiger partial charge in [0.1, 0.15) is 6.61 Å². The van der Waals surface area contributed by atoms with Gasteiger partial charge in [-0.05, 0) is 5.75 Å². The van der Waals surface area contributed by atoms with E-state index >= 15 is 0 Å². The highest BCUT2D eigenvalue weighted by atomic mass is 32.2. The first-order valence-electron chi connectivity index (χ1n) is 3.15. The van der Waals surface area contributed by atoms with Crippen LogP contribution in [-0.2, 0) is 4.79 Å². The third-order valence-corrected chi connectivity index (χ3v) is 2.84. The third-order valence-electron chi connectivity index (χ3n) is 0.824. The lowest BCUT2D eigenvalue weighted by Crippen LogP contribution is -1.99. The lowest BCUT2D eigenvalue weighted by molar-refractivity contribution is -0.113. The second kappa shape index (κ2) is 7.44. The van der Waals surface area contributed by atoms with Gasteiger partial charge in [-0.25, -0.2) is 0 Å². The van der Waals surface area contributed by atoms with E-state index in [1.165, 1.54) is 11.8 Å². The van der Waals surface area contributed by atoms with Gasteiger partial charge in [-0.1, -0.05) is 18.7 Å². The molecular formula is C6H12O2S2. The van der Waals surface area contributed by atoms with Crippen LogP contribution in [-0.4, -0.2) is 34.1 Å². The Morgan fingerprint density at radius 1 is 1.50 bits per heavy atom. The summed E-state index contributed by atoms with van der Waals surface area (Å²) in [5.41, 5.74) is 0. The van der Waals surface area contributed by atoms with Gasteiger partial charge in [0, 0.05) is 11.5 Å². The molecule has 60 valence electrons. The standard InChI is InChI=1S/C6H12O2S2/c1-2-9-3-4-10-6(8)5-7/h7H,2-5H2,1H3. The Morgan fingerprint density at radius 3 is 2.70 bits per heavy atom. The van der Waals surface area contributed by atoms with Crippen molar-refractivity contribution in [3.8, 4) is 0 Å². The molecule has 0 radical (unpaired) electrons. The summed E-state index contributed by atoms with van der Waals surface area (Å²) in [6.45, 7) is 1.75. The number of carbonyl (C=O) groups excluding carboxylic acids is 1.